The molecule has 0 unspecified atom stereocenters. The van der Waals surface area contributed by atoms with Crippen LogP contribution in [0.25, 0.3) is 11.0 Å². The number of nitrogens with zero attached hydrogens (tertiary/aromatic N) is 4. The van der Waals surface area contributed by atoms with Gasteiger partial charge in [-0.1, -0.05) is 35.9 Å². The van der Waals surface area contributed by atoms with Crippen LogP contribution in [0.15, 0.2) is 73.1 Å². The fourth-order valence-electron chi connectivity index (χ4n) is 3.61. The Kier molecular flexibility index (Phi) is 7.02. The summed E-state index contributed by atoms with van der Waals surface area (Å²) in [5, 5.41) is 0.622. The second-order valence-corrected chi connectivity index (χ2v) is 7.96. The zero-order valence-corrected chi connectivity index (χ0v) is 18.7. The average molecular weight is 449 g/mol. The Morgan fingerprint density at radius 3 is 2.59 bits per heavy atom. The first-order valence-electron chi connectivity index (χ1n) is 10.6. The summed E-state index contributed by atoms with van der Waals surface area (Å²) in [4.78, 5) is 23.2. The Hall–Kier alpha value is -3.38. The maximum Gasteiger partial charge on any atom is 0.254 e. The summed E-state index contributed by atoms with van der Waals surface area (Å²) in [6.07, 6.45) is 5.05. The molecule has 0 bridgehead atoms. The number of aromatic nitrogens is 3. The third-order valence-electron chi connectivity index (χ3n) is 5.26. The summed E-state index contributed by atoms with van der Waals surface area (Å²) in [5.41, 5.74) is 2.61. The molecule has 164 valence electrons. The van der Waals surface area contributed by atoms with Crippen LogP contribution in [0.3, 0.4) is 0 Å². The fraction of sp³-hybridized carbons (Fsp3) is 0.240. The van der Waals surface area contributed by atoms with Crippen molar-refractivity contribution in [3.05, 3.63) is 89.5 Å². The van der Waals surface area contributed by atoms with E-state index in [0.717, 1.165) is 36.2 Å². The van der Waals surface area contributed by atoms with Gasteiger partial charge in [-0.05, 0) is 49.2 Å². The third-order valence-corrected chi connectivity index (χ3v) is 5.57. The lowest BCUT2D eigenvalue weighted by atomic mass is 10.2. The van der Waals surface area contributed by atoms with Crippen LogP contribution < -0.4 is 4.74 Å². The molecule has 0 N–H and O–H groups in total. The molecule has 0 radical (unpaired) electrons. The predicted octanol–water partition coefficient (Wildman–Crippen LogP) is 5.22. The molecule has 0 aliphatic rings. The first-order chi connectivity index (χ1) is 15.6. The molecule has 6 nitrogen and oxygen atoms in total. The van der Waals surface area contributed by atoms with Crippen molar-refractivity contribution in [1.29, 1.82) is 0 Å². The number of ether oxygens (including phenoxy) is 1. The van der Waals surface area contributed by atoms with Gasteiger partial charge in [-0.3, -0.25) is 9.78 Å². The van der Waals surface area contributed by atoms with Crippen molar-refractivity contribution in [3.8, 4) is 5.75 Å². The lowest BCUT2D eigenvalue weighted by Gasteiger charge is -2.18. The molecule has 0 saturated carbocycles. The van der Waals surface area contributed by atoms with E-state index < -0.39 is 0 Å². The number of halogens is 1. The molecule has 7 heteroatoms. The van der Waals surface area contributed by atoms with E-state index in [4.69, 9.17) is 21.3 Å². The van der Waals surface area contributed by atoms with Crippen molar-refractivity contribution in [1.82, 2.24) is 19.4 Å². The first kappa shape index (κ1) is 21.8. The molecule has 1 amide bonds. The van der Waals surface area contributed by atoms with E-state index in [-0.39, 0.29) is 5.91 Å². The Morgan fingerprint density at radius 2 is 1.78 bits per heavy atom. The number of carbonyl (C=O) groups excluding carboxylic acids is 1. The van der Waals surface area contributed by atoms with Crippen molar-refractivity contribution < 1.29 is 9.53 Å². The number of benzene rings is 2. The first-order valence-corrected chi connectivity index (χ1v) is 11.0. The van der Waals surface area contributed by atoms with Crippen LogP contribution in [-0.2, 0) is 13.1 Å². The highest BCUT2D eigenvalue weighted by Crippen LogP contribution is 2.23. The summed E-state index contributed by atoms with van der Waals surface area (Å²) in [5.74, 6) is 1.52. The molecule has 2 aromatic heterocycles. The van der Waals surface area contributed by atoms with Gasteiger partial charge in [-0.2, -0.15) is 0 Å². The number of amides is 1. The summed E-state index contributed by atoms with van der Waals surface area (Å²) in [7, 11) is 1.80. The van der Waals surface area contributed by atoms with Crippen molar-refractivity contribution in [2.24, 2.45) is 0 Å². The number of para-hydroxylation sites is 3. The minimum atomic E-state index is -0.0563. The fourth-order valence-corrected chi connectivity index (χ4v) is 3.80. The molecule has 4 rings (SSSR count). The topological polar surface area (TPSA) is 60.2 Å². The summed E-state index contributed by atoms with van der Waals surface area (Å²) in [6, 6.07) is 19.0. The molecule has 2 aromatic carbocycles. The van der Waals surface area contributed by atoms with E-state index in [0.29, 0.717) is 29.5 Å². The highest BCUT2D eigenvalue weighted by Gasteiger charge is 2.17. The van der Waals surface area contributed by atoms with Crippen LogP contribution in [0.1, 0.15) is 29.0 Å². The van der Waals surface area contributed by atoms with E-state index in [1.807, 2.05) is 42.5 Å². The molecule has 0 aliphatic heterocycles. The Bertz CT molecular complexity index is 1190. The SMILES string of the molecule is CN(Cc1nc2ccccc2n1CCCCOc1ccccc1Cl)C(=O)c1ccncc1. The number of hydrogen-bond donors (Lipinski definition) is 0. The number of unbranched alkanes of at least 4 members (excludes halogenated alkanes) is 1. The minimum Gasteiger partial charge on any atom is -0.492 e. The standard InChI is InChI=1S/C25H25ClN4O2/c1-29(25(31)19-12-14-27-15-13-19)18-24-28-21-9-3-4-10-22(21)30(24)16-6-7-17-32-23-11-5-2-8-20(23)26/h2-5,8-15H,6-7,16-18H2,1H3. The van der Waals surface area contributed by atoms with Crippen LogP contribution >= 0.6 is 11.6 Å². The van der Waals surface area contributed by atoms with Gasteiger partial charge in [0.25, 0.3) is 5.91 Å². The van der Waals surface area contributed by atoms with Gasteiger partial charge in [0.15, 0.2) is 0 Å². The number of hydrogen-bond acceptors (Lipinski definition) is 4. The normalized spacial score (nSPS) is 10.9. The molecular formula is C25H25ClN4O2. The largest absolute Gasteiger partial charge is 0.492 e. The van der Waals surface area contributed by atoms with Crippen molar-refractivity contribution in [2.45, 2.75) is 25.9 Å². The van der Waals surface area contributed by atoms with Gasteiger partial charge >= 0.3 is 0 Å². The van der Waals surface area contributed by atoms with Gasteiger partial charge in [0.1, 0.15) is 11.6 Å². The average Bonchev–Trinajstić information content (AvgIpc) is 3.17. The smallest absolute Gasteiger partial charge is 0.254 e. The van der Waals surface area contributed by atoms with E-state index in [1.165, 1.54) is 0 Å². The number of imidazole rings is 1. The minimum absolute atomic E-state index is 0.0563. The second kappa shape index (κ2) is 10.3. The van der Waals surface area contributed by atoms with E-state index in [9.17, 15) is 4.79 Å². The van der Waals surface area contributed by atoms with Crippen LogP contribution in [-0.4, -0.2) is 39.0 Å². The molecular weight excluding hydrogens is 424 g/mol. The highest BCUT2D eigenvalue weighted by molar-refractivity contribution is 6.32. The summed E-state index contributed by atoms with van der Waals surface area (Å²) < 4.78 is 8.00. The Balaban J connectivity index is 1.42. The highest BCUT2D eigenvalue weighted by atomic mass is 35.5. The zero-order chi connectivity index (χ0) is 22.3. The molecule has 0 spiro atoms. The van der Waals surface area contributed by atoms with Crippen LogP contribution in [0, 0.1) is 0 Å². The monoisotopic (exact) mass is 448 g/mol. The number of carbonyl (C=O) groups is 1. The van der Waals surface area contributed by atoms with Crippen molar-refractivity contribution in [2.75, 3.05) is 13.7 Å². The van der Waals surface area contributed by atoms with Crippen molar-refractivity contribution in [3.63, 3.8) is 0 Å². The molecule has 0 saturated heterocycles. The number of aryl methyl sites for hydroxylation is 1. The maximum absolute atomic E-state index is 12.8. The van der Waals surface area contributed by atoms with Gasteiger partial charge in [-0.25, -0.2) is 4.98 Å². The third kappa shape index (κ3) is 5.08. The van der Waals surface area contributed by atoms with Crippen LogP contribution in [0.4, 0.5) is 0 Å². The zero-order valence-electron chi connectivity index (χ0n) is 17.9. The van der Waals surface area contributed by atoms with Gasteiger partial charge in [0.05, 0.1) is 29.2 Å². The van der Waals surface area contributed by atoms with Crippen LogP contribution in [0.2, 0.25) is 5.02 Å². The van der Waals surface area contributed by atoms with Gasteiger partial charge in [0, 0.05) is 31.5 Å². The van der Waals surface area contributed by atoms with Gasteiger partial charge in [0.2, 0.25) is 0 Å². The molecule has 4 aromatic rings. The van der Waals surface area contributed by atoms with E-state index in [1.54, 1.807) is 36.5 Å². The molecule has 0 fully saturated rings. The van der Waals surface area contributed by atoms with Crippen LogP contribution in [0.5, 0.6) is 5.75 Å². The quantitative estimate of drug-likeness (QED) is 0.329. The number of rotatable bonds is 9. The molecule has 2 heterocycles. The summed E-state index contributed by atoms with van der Waals surface area (Å²) >= 11 is 6.15. The molecule has 0 atom stereocenters. The lowest BCUT2D eigenvalue weighted by Crippen LogP contribution is -2.27. The number of fused-ring (bicyclic) bond motifs is 1. The molecule has 32 heavy (non-hydrogen) atoms. The van der Waals surface area contributed by atoms with Crippen molar-refractivity contribution >= 4 is 28.5 Å². The van der Waals surface area contributed by atoms with E-state index >= 15 is 0 Å². The molecule has 0 aliphatic carbocycles. The van der Waals surface area contributed by atoms with Gasteiger partial charge in [-0.15, -0.1) is 0 Å². The lowest BCUT2D eigenvalue weighted by molar-refractivity contribution is 0.0780. The Labute approximate surface area is 192 Å². The maximum atomic E-state index is 12.8. The number of pyridine rings is 1. The predicted molar refractivity (Wildman–Crippen MR) is 126 cm³/mol. The van der Waals surface area contributed by atoms with Gasteiger partial charge < -0.3 is 14.2 Å². The second-order valence-electron chi connectivity index (χ2n) is 7.55. The van der Waals surface area contributed by atoms with E-state index in [2.05, 4.69) is 15.6 Å². The Morgan fingerprint density at radius 1 is 1.03 bits per heavy atom. The summed E-state index contributed by atoms with van der Waals surface area (Å²) in [6.45, 7) is 1.80.